The zero-order valence-corrected chi connectivity index (χ0v) is 11.4. The summed E-state index contributed by atoms with van der Waals surface area (Å²) in [7, 11) is 0. The Labute approximate surface area is 122 Å². The minimum Gasteiger partial charge on any atom is -0.310 e. The van der Waals surface area contributed by atoms with Crippen molar-refractivity contribution in [3.8, 4) is 17.2 Å². The molecule has 1 saturated carbocycles. The number of hydrogen-bond donors (Lipinski definition) is 1. The summed E-state index contributed by atoms with van der Waals surface area (Å²) in [6.07, 6.45) is 2.32. The molecule has 0 radical (unpaired) electrons. The third kappa shape index (κ3) is 3.26. The monoisotopic (exact) mass is 284 g/mol. The van der Waals surface area contributed by atoms with Gasteiger partial charge in [-0.1, -0.05) is 6.07 Å². The van der Waals surface area contributed by atoms with Gasteiger partial charge in [-0.15, -0.1) is 0 Å². The molecule has 0 spiro atoms. The molecular weight excluding hydrogens is 270 g/mol. The van der Waals surface area contributed by atoms with Crippen LogP contribution in [0.1, 0.15) is 24.0 Å². The molecule has 3 rings (SSSR count). The Kier molecular flexibility index (Phi) is 3.68. The lowest BCUT2D eigenvalue weighted by atomic mass is 9.97. The second-order valence-corrected chi connectivity index (χ2v) is 5.30. The van der Waals surface area contributed by atoms with Crippen LogP contribution in [-0.4, -0.2) is 6.04 Å². The van der Waals surface area contributed by atoms with Crippen molar-refractivity contribution in [1.82, 2.24) is 5.32 Å². The molecule has 1 N–H and O–H groups in total. The Morgan fingerprint density at radius 1 is 1.10 bits per heavy atom. The number of nitrogens with zero attached hydrogens (tertiary/aromatic N) is 1. The third-order valence-corrected chi connectivity index (χ3v) is 3.57. The van der Waals surface area contributed by atoms with Gasteiger partial charge in [-0.2, -0.15) is 5.26 Å². The van der Waals surface area contributed by atoms with Crippen molar-refractivity contribution in [1.29, 1.82) is 5.26 Å². The number of nitrogens with one attached hydrogen (secondary N) is 1. The lowest BCUT2D eigenvalue weighted by Crippen LogP contribution is -2.16. The molecule has 0 bridgehead atoms. The molecule has 0 saturated heterocycles. The highest BCUT2D eigenvalue weighted by Gasteiger charge is 2.20. The maximum absolute atomic E-state index is 13.6. The fourth-order valence-corrected chi connectivity index (χ4v) is 2.32. The number of hydrogen-bond acceptors (Lipinski definition) is 2. The maximum atomic E-state index is 13.6. The predicted molar refractivity (Wildman–Crippen MR) is 76.4 cm³/mol. The Morgan fingerprint density at radius 2 is 1.90 bits per heavy atom. The van der Waals surface area contributed by atoms with Crippen molar-refractivity contribution < 1.29 is 8.78 Å². The first kappa shape index (κ1) is 13.7. The molecule has 1 aliphatic rings. The summed E-state index contributed by atoms with van der Waals surface area (Å²) in [5.74, 6) is -0.864. The molecule has 0 unspecified atom stereocenters. The van der Waals surface area contributed by atoms with Gasteiger partial charge in [0, 0.05) is 12.6 Å². The number of rotatable bonds is 4. The van der Waals surface area contributed by atoms with Gasteiger partial charge in [0.2, 0.25) is 0 Å². The maximum Gasteiger partial charge on any atom is 0.125 e. The fraction of sp³-hybridized carbons (Fsp3) is 0.235. The molecule has 2 nitrogen and oxygen atoms in total. The standard InChI is InChI=1S/C17H14F2N2/c18-14-2-1-12(10-21-16-3-4-16)17(8-14)13-5-11(9-20)6-15(19)7-13/h1-2,5-8,16,21H,3-4,10H2. The minimum atomic E-state index is -0.491. The van der Waals surface area contributed by atoms with Gasteiger partial charge in [0.05, 0.1) is 11.6 Å². The zero-order valence-electron chi connectivity index (χ0n) is 11.4. The summed E-state index contributed by atoms with van der Waals surface area (Å²) < 4.78 is 27.1. The molecule has 0 amide bonds. The highest BCUT2D eigenvalue weighted by molar-refractivity contribution is 5.69. The number of nitriles is 1. The van der Waals surface area contributed by atoms with E-state index in [-0.39, 0.29) is 11.4 Å². The van der Waals surface area contributed by atoms with Crippen molar-refractivity contribution in [3.63, 3.8) is 0 Å². The van der Waals surface area contributed by atoms with Crippen molar-refractivity contribution in [2.75, 3.05) is 0 Å². The molecule has 1 aliphatic carbocycles. The fourth-order valence-electron chi connectivity index (χ4n) is 2.32. The highest BCUT2D eigenvalue weighted by atomic mass is 19.1. The molecule has 0 aromatic heterocycles. The van der Waals surface area contributed by atoms with Crippen molar-refractivity contribution in [2.45, 2.75) is 25.4 Å². The topological polar surface area (TPSA) is 35.8 Å². The van der Waals surface area contributed by atoms with E-state index in [1.807, 2.05) is 6.07 Å². The van der Waals surface area contributed by atoms with Gasteiger partial charge in [0.15, 0.2) is 0 Å². The van der Waals surface area contributed by atoms with E-state index >= 15 is 0 Å². The van der Waals surface area contributed by atoms with Crippen LogP contribution in [0.5, 0.6) is 0 Å². The van der Waals surface area contributed by atoms with E-state index in [9.17, 15) is 8.78 Å². The summed E-state index contributed by atoms with van der Waals surface area (Å²) >= 11 is 0. The van der Waals surface area contributed by atoms with Crippen LogP contribution < -0.4 is 5.32 Å². The molecule has 0 aliphatic heterocycles. The molecule has 21 heavy (non-hydrogen) atoms. The van der Waals surface area contributed by atoms with E-state index in [0.29, 0.717) is 23.7 Å². The SMILES string of the molecule is N#Cc1cc(F)cc(-c2cc(F)ccc2CNC2CC2)c1. The van der Waals surface area contributed by atoms with Crippen LogP contribution in [0.25, 0.3) is 11.1 Å². The van der Waals surface area contributed by atoms with Crippen molar-refractivity contribution in [3.05, 3.63) is 59.2 Å². The Hall–Kier alpha value is -2.25. The highest BCUT2D eigenvalue weighted by Crippen LogP contribution is 2.28. The predicted octanol–water partition coefficient (Wildman–Crippen LogP) is 3.76. The van der Waals surface area contributed by atoms with E-state index in [2.05, 4.69) is 5.32 Å². The molecule has 2 aromatic carbocycles. The van der Waals surface area contributed by atoms with Gasteiger partial charge >= 0.3 is 0 Å². The molecule has 1 fully saturated rings. The Balaban J connectivity index is 2.00. The zero-order chi connectivity index (χ0) is 14.8. The molecule has 106 valence electrons. The second-order valence-electron chi connectivity index (χ2n) is 5.30. The van der Waals surface area contributed by atoms with E-state index in [1.54, 1.807) is 12.1 Å². The van der Waals surface area contributed by atoms with Crippen molar-refractivity contribution >= 4 is 0 Å². The quantitative estimate of drug-likeness (QED) is 0.928. The summed E-state index contributed by atoms with van der Waals surface area (Å²) in [4.78, 5) is 0. The van der Waals surface area contributed by atoms with Gasteiger partial charge in [-0.05, 0) is 59.9 Å². The average Bonchev–Trinajstić information content (AvgIpc) is 3.29. The average molecular weight is 284 g/mol. The van der Waals surface area contributed by atoms with Crippen molar-refractivity contribution in [2.24, 2.45) is 0 Å². The normalized spacial score (nSPS) is 14.0. The molecule has 0 heterocycles. The Bertz CT molecular complexity index is 715. The number of halogens is 2. The first-order chi connectivity index (χ1) is 10.2. The molecule has 0 atom stereocenters. The van der Waals surface area contributed by atoms with Crippen LogP contribution in [0, 0.1) is 23.0 Å². The lowest BCUT2D eigenvalue weighted by molar-refractivity contribution is 0.623. The first-order valence-electron chi connectivity index (χ1n) is 6.88. The van der Waals surface area contributed by atoms with Crippen LogP contribution >= 0.6 is 0 Å². The van der Waals surface area contributed by atoms with E-state index < -0.39 is 5.82 Å². The van der Waals surface area contributed by atoms with E-state index in [4.69, 9.17) is 5.26 Å². The lowest BCUT2D eigenvalue weighted by Gasteiger charge is -2.11. The van der Waals surface area contributed by atoms with E-state index in [0.717, 1.165) is 18.4 Å². The summed E-state index contributed by atoms with van der Waals surface area (Å²) in [5, 5.41) is 12.3. The molecule has 4 heteroatoms. The van der Waals surface area contributed by atoms with Gasteiger partial charge in [0.25, 0.3) is 0 Å². The summed E-state index contributed by atoms with van der Waals surface area (Å²) in [6, 6.07) is 11.0. The third-order valence-electron chi connectivity index (χ3n) is 3.57. The van der Waals surface area contributed by atoms with Crippen LogP contribution in [0.4, 0.5) is 8.78 Å². The summed E-state index contributed by atoms with van der Waals surface area (Å²) in [5.41, 5.74) is 2.28. The van der Waals surface area contributed by atoms with Crippen LogP contribution in [0.3, 0.4) is 0 Å². The summed E-state index contributed by atoms with van der Waals surface area (Å²) in [6.45, 7) is 0.610. The smallest absolute Gasteiger partial charge is 0.125 e. The van der Waals surface area contributed by atoms with E-state index in [1.165, 1.54) is 24.3 Å². The van der Waals surface area contributed by atoms with Gasteiger partial charge in [-0.25, -0.2) is 8.78 Å². The first-order valence-corrected chi connectivity index (χ1v) is 6.88. The molecule has 2 aromatic rings. The largest absolute Gasteiger partial charge is 0.310 e. The van der Waals surface area contributed by atoms with Crippen LogP contribution in [0.2, 0.25) is 0 Å². The minimum absolute atomic E-state index is 0.232. The number of benzene rings is 2. The van der Waals surface area contributed by atoms with Crippen LogP contribution in [0.15, 0.2) is 36.4 Å². The Morgan fingerprint density at radius 3 is 2.62 bits per heavy atom. The van der Waals surface area contributed by atoms with Crippen LogP contribution in [-0.2, 0) is 6.54 Å². The second kappa shape index (κ2) is 5.63. The molecular formula is C17H14F2N2. The van der Waals surface area contributed by atoms with Gasteiger partial charge in [0.1, 0.15) is 11.6 Å². The van der Waals surface area contributed by atoms with Gasteiger partial charge in [-0.3, -0.25) is 0 Å². The van der Waals surface area contributed by atoms with Gasteiger partial charge < -0.3 is 5.32 Å².